The molecule has 0 aromatic heterocycles. The van der Waals surface area contributed by atoms with E-state index in [1.54, 1.807) is 0 Å². The number of rotatable bonds is 11. The number of amides is 2. The van der Waals surface area contributed by atoms with Gasteiger partial charge in [0, 0.05) is 15.6 Å². The zero-order valence-electron chi connectivity index (χ0n) is 20.0. The van der Waals surface area contributed by atoms with Gasteiger partial charge in [-0.3, -0.25) is 9.59 Å². The van der Waals surface area contributed by atoms with Gasteiger partial charge in [0.15, 0.2) is 11.5 Å². The second-order valence-corrected chi connectivity index (χ2v) is 8.26. The number of nitrogens with zero attached hydrogens (tertiary/aromatic N) is 1. The van der Waals surface area contributed by atoms with Crippen molar-refractivity contribution in [1.82, 2.24) is 10.7 Å². The van der Waals surface area contributed by atoms with Crippen molar-refractivity contribution < 1.29 is 28.5 Å². The lowest BCUT2D eigenvalue weighted by atomic mass is 10.1. The Morgan fingerprint density at radius 2 is 1.61 bits per heavy atom. The second kappa shape index (κ2) is 13.1. The Morgan fingerprint density at radius 1 is 0.917 bits per heavy atom. The molecule has 3 aromatic carbocycles. The van der Waals surface area contributed by atoms with Crippen LogP contribution in [0.5, 0.6) is 23.0 Å². The summed E-state index contributed by atoms with van der Waals surface area (Å²) < 4.78 is 22.5. The quantitative estimate of drug-likeness (QED) is 0.274. The van der Waals surface area contributed by atoms with Crippen LogP contribution in [0.1, 0.15) is 21.5 Å². The third-order valence-electron chi connectivity index (χ3n) is 4.94. The van der Waals surface area contributed by atoms with Crippen LogP contribution < -0.4 is 29.7 Å². The predicted molar refractivity (Wildman–Crippen MR) is 139 cm³/mol. The van der Waals surface area contributed by atoms with E-state index in [-0.39, 0.29) is 12.1 Å². The number of hydrogen-bond donors (Lipinski definition) is 2. The minimum absolute atomic E-state index is 0.246. The van der Waals surface area contributed by atoms with E-state index in [2.05, 4.69) is 31.8 Å². The molecule has 0 aliphatic carbocycles. The minimum atomic E-state index is -0.506. The van der Waals surface area contributed by atoms with Gasteiger partial charge < -0.3 is 24.3 Å². The van der Waals surface area contributed by atoms with E-state index < -0.39 is 11.8 Å². The summed E-state index contributed by atoms with van der Waals surface area (Å²) in [6.07, 6.45) is 1.48. The van der Waals surface area contributed by atoms with Crippen molar-refractivity contribution in [2.45, 2.75) is 6.61 Å². The van der Waals surface area contributed by atoms with E-state index in [9.17, 15) is 9.59 Å². The van der Waals surface area contributed by atoms with E-state index in [0.717, 1.165) is 10.0 Å². The smallest absolute Gasteiger partial charge is 0.259 e. The Labute approximate surface area is 217 Å². The van der Waals surface area contributed by atoms with Gasteiger partial charge >= 0.3 is 0 Å². The first-order valence-corrected chi connectivity index (χ1v) is 11.6. The Morgan fingerprint density at radius 3 is 2.25 bits per heavy atom. The summed E-state index contributed by atoms with van der Waals surface area (Å²) in [5.74, 6) is 0.635. The fraction of sp³-hybridized carbons (Fsp3) is 0.192. The molecule has 0 aliphatic rings. The summed E-state index contributed by atoms with van der Waals surface area (Å²) in [6.45, 7) is 0.102. The van der Waals surface area contributed by atoms with Gasteiger partial charge in [-0.05, 0) is 35.9 Å². The van der Waals surface area contributed by atoms with Crippen molar-refractivity contribution in [1.29, 1.82) is 0 Å². The number of hydrogen-bond acceptors (Lipinski definition) is 7. The molecule has 2 N–H and O–H groups in total. The Kier molecular flexibility index (Phi) is 9.70. The van der Waals surface area contributed by atoms with Crippen LogP contribution in [-0.4, -0.2) is 45.9 Å². The summed E-state index contributed by atoms with van der Waals surface area (Å²) in [7, 11) is 4.37. The van der Waals surface area contributed by atoms with E-state index in [1.807, 2.05) is 48.5 Å². The van der Waals surface area contributed by atoms with Gasteiger partial charge in [0.1, 0.15) is 12.4 Å². The molecular formula is C26H26BrN3O6. The van der Waals surface area contributed by atoms with Gasteiger partial charge in [-0.25, -0.2) is 5.43 Å². The Bertz CT molecular complexity index is 1210. The van der Waals surface area contributed by atoms with Crippen LogP contribution in [0.4, 0.5) is 0 Å². The second-order valence-electron chi connectivity index (χ2n) is 7.35. The number of hydrazone groups is 1. The predicted octanol–water partition coefficient (Wildman–Crippen LogP) is 3.93. The molecule has 0 unspecified atom stereocenters. The maximum atomic E-state index is 12.5. The Hall–Kier alpha value is -4.05. The van der Waals surface area contributed by atoms with Crippen LogP contribution in [0.15, 0.2) is 70.2 Å². The lowest BCUT2D eigenvalue weighted by molar-refractivity contribution is -0.120. The highest BCUT2D eigenvalue weighted by Crippen LogP contribution is 2.38. The highest BCUT2D eigenvalue weighted by atomic mass is 79.9. The number of halogens is 1. The molecule has 2 amide bonds. The van der Waals surface area contributed by atoms with Crippen LogP contribution >= 0.6 is 15.9 Å². The van der Waals surface area contributed by atoms with Crippen LogP contribution in [-0.2, 0) is 11.4 Å². The molecule has 0 saturated heterocycles. The molecule has 188 valence electrons. The van der Waals surface area contributed by atoms with Crippen LogP contribution in [0.2, 0.25) is 0 Å². The zero-order valence-corrected chi connectivity index (χ0v) is 21.6. The van der Waals surface area contributed by atoms with Gasteiger partial charge in [0.2, 0.25) is 5.75 Å². The maximum absolute atomic E-state index is 12.5. The number of carbonyl (C=O) groups excluding carboxylic acids is 2. The SMILES string of the molecule is COc1cc(C(=O)NCC(=O)N/N=C\c2cc(Br)ccc2OCc2ccccc2)cc(OC)c1OC. The normalized spacial score (nSPS) is 10.6. The van der Waals surface area contributed by atoms with Gasteiger partial charge in [-0.1, -0.05) is 46.3 Å². The van der Waals surface area contributed by atoms with E-state index >= 15 is 0 Å². The topological polar surface area (TPSA) is 107 Å². The van der Waals surface area contributed by atoms with Crippen LogP contribution in [0, 0.1) is 0 Å². The molecule has 0 heterocycles. The molecule has 0 saturated carbocycles. The molecule has 0 spiro atoms. The number of benzene rings is 3. The van der Waals surface area contributed by atoms with E-state index in [4.69, 9.17) is 18.9 Å². The third kappa shape index (κ3) is 7.22. The summed E-state index contributed by atoms with van der Waals surface area (Å²) in [5, 5.41) is 6.53. The minimum Gasteiger partial charge on any atom is -0.493 e. The zero-order chi connectivity index (χ0) is 25.9. The molecule has 36 heavy (non-hydrogen) atoms. The molecule has 9 nitrogen and oxygen atoms in total. The van der Waals surface area contributed by atoms with Gasteiger partial charge in [0.05, 0.1) is 34.1 Å². The number of carbonyl (C=O) groups is 2. The van der Waals surface area contributed by atoms with Crippen molar-refractivity contribution in [3.8, 4) is 23.0 Å². The summed E-state index contributed by atoms with van der Waals surface area (Å²) in [6, 6.07) is 18.3. The van der Waals surface area contributed by atoms with Gasteiger partial charge in [-0.15, -0.1) is 0 Å². The molecule has 0 aliphatic heterocycles. The monoisotopic (exact) mass is 555 g/mol. The highest BCUT2D eigenvalue weighted by Gasteiger charge is 2.17. The number of methoxy groups -OCH3 is 3. The molecular weight excluding hydrogens is 530 g/mol. The number of ether oxygens (including phenoxy) is 4. The molecule has 10 heteroatoms. The van der Waals surface area contributed by atoms with Gasteiger partial charge in [-0.2, -0.15) is 5.10 Å². The molecule has 0 atom stereocenters. The summed E-state index contributed by atoms with van der Waals surface area (Å²) in [5.41, 5.74) is 4.34. The van der Waals surface area contributed by atoms with Crippen molar-refractivity contribution in [3.63, 3.8) is 0 Å². The summed E-state index contributed by atoms with van der Waals surface area (Å²) >= 11 is 3.43. The van der Waals surface area contributed by atoms with Crippen molar-refractivity contribution in [3.05, 3.63) is 81.8 Å². The average molecular weight is 556 g/mol. The average Bonchev–Trinajstić information content (AvgIpc) is 2.90. The molecule has 0 radical (unpaired) electrons. The number of nitrogens with one attached hydrogen (secondary N) is 2. The fourth-order valence-electron chi connectivity index (χ4n) is 3.18. The summed E-state index contributed by atoms with van der Waals surface area (Å²) in [4.78, 5) is 24.8. The third-order valence-corrected chi connectivity index (χ3v) is 5.43. The lowest BCUT2D eigenvalue weighted by Gasteiger charge is -2.14. The van der Waals surface area contributed by atoms with Crippen molar-refractivity contribution in [2.24, 2.45) is 5.10 Å². The molecule has 0 fully saturated rings. The molecule has 3 aromatic rings. The van der Waals surface area contributed by atoms with Crippen LogP contribution in [0.3, 0.4) is 0 Å². The molecule has 3 rings (SSSR count). The van der Waals surface area contributed by atoms with Crippen LogP contribution in [0.25, 0.3) is 0 Å². The first-order chi connectivity index (χ1) is 17.4. The van der Waals surface area contributed by atoms with Gasteiger partial charge in [0.25, 0.3) is 11.8 Å². The van der Waals surface area contributed by atoms with Crippen molar-refractivity contribution >= 4 is 34.0 Å². The first-order valence-electron chi connectivity index (χ1n) is 10.8. The van der Waals surface area contributed by atoms with Crippen molar-refractivity contribution in [2.75, 3.05) is 27.9 Å². The largest absolute Gasteiger partial charge is 0.493 e. The van der Waals surface area contributed by atoms with E-state index in [0.29, 0.717) is 35.2 Å². The molecule has 0 bridgehead atoms. The fourth-order valence-corrected chi connectivity index (χ4v) is 3.55. The first kappa shape index (κ1) is 26.6. The Balaban J connectivity index is 1.58. The highest BCUT2D eigenvalue weighted by molar-refractivity contribution is 9.10. The maximum Gasteiger partial charge on any atom is 0.259 e. The lowest BCUT2D eigenvalue weighted by Crippen LogP contribution is -2.35. The van der Waals surface area contributed by atoms with E-state index in [1.165, 1.54) is 39.7 Å². The standard InChI is InChI=1S/C26H26BrN3O6/c1-33-22-12-18(13-23(34-2)25(22)35-3)26(32)28-15-24(31)30-29-14-19-11-20(27)9-10-21(19)36-16-17-7-5-4-6-8-17/h4-14H,15-16H2,1-3H3,(H,28,32)(H,30,31)/b29-14-.